The Balaban J connectivity index is 1.59. The topological polar surface area (TPSA) is 71.4 Å². The summed E-state index contributed by atoms with van der Waals surface area (Å²) in [4.78, 5) is 14.7. The van der Waals surface area contributed by atoms with E-state index in [-0.39, 0.29) is 11.4 Å². The fraction of sp³-hybridized carbons (Fsp3) is 0.765. The van der Waals surface area contributed by atoms with Gasteiger partial charge >= 0.3 is 0 Å². The molecular weight excluding hydrogens is 306 g/mol. The zero-order valence-corrected chi connectivity index (χ0v) is 14.8. The van der Waals surface area contributed by atoms with E-state index < -0.39 is 0 Å². The Hall–Kier alpha value is -1.44. The van der Waals surface area contributed by atoms with Crippen molar-refractivity contribution in [2.45, 2.75) is 37.3 Å². The third kappa shape index (κ3) is 3.79. The smallest absolute Gasteiger partial charge is 0.271 e. The Morgan fingerprint density at radius 3 is 2.96 bits per heavy atom. The fourth-order valence-electron chi connectivity index (χ4n) is 3.59. The van der Waals surface area contributed by atoms with Gasteiger partial charge in [0.1, 0.15) is 5.69 Å². The summed E-state index contributed by atoms with van der Waals surface area (Å²) in [6, 6.07) is 2.17. The SMILES string of the molecule is CN(C)C1(CNC(=O)c2ccn(C3CCCNC3)n2)CCOCC1. The van der Waals surface area contributed by atoms with Gasteiger partial charge in [0.2, 0.25) is 0 Å². The number of likely N-dealkylation sites (N-methyl/N-ethyl adjacent to an activating group) is 1. The van der Waals surface area contributed by atoms with Crippen LogP contribution in [0, 0.1) is 0 Å². The molecule has 1 aromatic rings. The van der Waals surface area contributed by atoms with Crippen LogP contribution >= 0.6 is 0 Å². The maximum atomic E-state index is 12.5. The Morgan fingerprint density at radius 2 is 2.29 bits per heavy atom. The van der Waals surface area contributed by atoms with Crippen molar-refractivity contribution in [3.05, 3.63) is 18.0 Å². The predicted octanol–water partition coefficient (Wildman–Crippen LogP) is 0.648. The molecule has 2 aliphatic rings. The first-order chi connectivity index (χ1) is 11.6. The van der Waals surface area contributed by atoms with Gasteiger partial charge in [0.25, 0.3) is 5.91 Å². The number of nitrogens with one attached hydrogen (secondary N) is 2. The number of ether oxygens (including phenoxy) is 1. The van der Waals surface area contributed by atoms with Gasteiger partial charge < -0.3 is 20.3 Å². The summed E-state index contributed by atoms with van der Waals surface area (Å²) >= 11 is 0. The van der Waals surface area contributed by atoms with Gasteiger partial charge in [-0.2, -0.15) is 5.10 Å². The van der Waals surface area contributed by atoms with E-state index >= 15 is 0 Å². The Kier molecular flexibility index (Phi) is 5.53. The minimum Gasteiger partial charge on any atom is -0.381 e. The molecule has 0 radical (unpaired) electrons. The largest absolute Gasteiger partial charge is 0.381 e. The molecule has 0 aromatic carbocycles. The molecule has 0 spiro atoms. The van der Waals surface area contributed by atoms with E-state index in [0.29, 0.717) is 18.3 Å². The minimum absolute atomic E-state index is 0.0240. The van der Waals surface area contributed by atoms with Crippen LogP contribution < -0.4 is 10.6 Å². The molecular formula is C17H29N5O2. The van der Waals surface area contributed by atoms with Gasteiger partial charge in [0, 0.05) is 38.0 Å². The lowest BCUT2D eigenvalue weighted by Gasteiger charge is -2.42. The van der Waals surface area contributed by atoms with E-state index in [1.165, 1.54) is 0 Å². The van der Waals surface area contributed by atoms with Crippen molar-refractivity contribution in [2.75, 3.05) is 46.9 Å². The van der Waals surface area contributed by atoms with Crippen LogP contribution in [0.4, 0.5) is 0 Å². The number of amides is 1. The third-order valence-corrected chi connectivity index (χ3v) is 5.44. The minimum atomic E-state index is -0.0924. The van der Waals surface area contributed by atoms with E-state index in [1.54, 1.807) is 0 Å². The molecule has 0 saturated carbocycles. The summed E-state index contributed by atoms with van der Waals surface area (Å²) in [6.45, 7) is 4.11. The van der Waals surface area contributed by atoms with Crippen LogP contribution in [0.1, 0.15) is 42.2 Å². The van der Waals surface area contributed by atoms with Crippen molar-refractivity contribution in [1.82, 2.24) is 25.3 Å². The summed E-state index contributed by atoms with van der Waals surface area (Å²) in [5, 5.41) is 10.9. The fourth-order valence-corrected chi connectivity index (χ4v) is 3.59. The standard InChI is InChI=1S/C17H29N5O2/c1-21(2)17(6-10-24-11-7-17)13-19-16(23)15-5-9-22(20-15)14-4-3-8-18-12-14/h5,9,14,18H,3-4,6-8,10-13H2,1-2H3,(H,19,23). The molecule has 2 N–H and O–H groups in total. The second-order valence-corrected chi connectivity index (χ2v) is 7.09. The highest BCUT2D eigenvalue weighted by atomic mass is 16.5. The van der Waals surface area contributed by atoms with Crippen molar-refractivity contribution in [1.29, 1.82) is 0 Å². The van der Waals surface area contributed by atoms with Crippen LogP contribution in [0.15, 0.2) is 12.3 Å². The number of hydrogen-bond acceptors (Lipinski definition) is 5. The van der Waals surface area contributed by atoms with Crippen molar-refractivity contribution in [3.63, 3.8) is 0 Å². The monoisotopic (exact) mass is 335 g/mol. The molecule has 0 bridgehead atoms. The maximum Gasteiger partial charge on any atom is 0.271 e. The molecule has 3 rings (SSSR count). The van der Waals surface area contributed by atoms with Gasteiger partial charge in [-0.25, -0.2) is 0 Å². The first-order valence-electron chi connectivity index (χ1n) is 8.90. The van der Waals surface area contributed by atoms with Gasteiger partial charge in [0.15, 0.2) is 0 Å². The van der Waals surface area contributed by atoms with Crippen molar-refractivity contribution < 1.29 is 9.53 Å². The first kappa shape index (κ1) is 17.4. The van der Waals surface area contributed by atoms with E-state index in [1.807, 2.05) is 16.9 Å². The lowest BCUT2D eigenvalue weighted by Crippen LogP contribution is -2.55. The van der Waals surface area contributed by atoms with Crippen molar-refractivity contribution in [3.8, 4) is 0 Å². The lowest BCUT2D eigenvalue weighted by molar-refractivity contribution is -0.00660. The molecule has 0 aliphatic carbocycles. The van der Waals surface area contributed by atoms with Gasteiger partial charge in [-0.15, -0.1) is 0 Å². The quantitative estimate of drug-likeness (QED) is 0.827. The molecule has 1 amide bonds. The van der Waals surface area contributed by atoms with Crippen LogP contribution in [0.2, 0.25) is 0 Å². The average Bonchev–Trinajstić information content (AvgIpc) is 3.11. The summed E-state index contributed by atoms with van der Waals surface area (Å²) in [5.74, 6) is -0.0924. The molecule has 7 nitrogen and oxygen atoms in total. The zero-order valence-electron chi connectivity index (χ0n) is 14.8. The third-order valence-electron chi connectivity index (χ3n) is 5.44. The van der Waals surface area contributed by atoms with Gasteiger partial charge in [-0.1, -0.05) is 0 Å². The number of piperidine rings is 1. The van der Waals surface area contributed by atoms with E-state index in [4.69, 9.17) is 4.74 Å². The van der Waals surface area contributed by atoms with Crippen molar-refractivity contribution >= 4 is 5.91 Å². The molecule has 2 aliphatic heterocycles. The molecule has 3 heterocycles. The normalized spacial score (nSPS) is 24.0. The highest BCUT2D eigenvalue weighted by Crippen LogP contribution is 2.25. The number of rotatable bonds is 5. The van der Waals surface area contributed by atoms with Crippen LogP contribution in [0.5, 0.6) is 0 Å². The number of carbonyl (C=O) groups is 1. The molecule has 1 aromatic heterocycles. The molecule has 7 heteroatoms. The van der Waals surface area contributed by atoms with Gasteiger partial charge in [0.05, 0.1) is 6.04 Å². The zero-order chi connectivity index (χ0) is 17.0. The molecule has 1 atom stereocenters. The highest BCUT2D eigenvalue weighted by Gasteiger charge is 2.35. The van der Waals surface area contributed by atoms with Gasteiger partial charge in [-0.3, -0.25) is 9.48 Å². The lowest BCUT2D eigenvalue weighted by atomic mass is 9.88. The second kappa shape index (κ2) is 7.63. The molecule has 24 heavy (non-hydrogen) atoms. The van der Waals surface area contributed by atoms with E-state index in [0.717, 1.165) is 52.0 Å². The average molecular weight is 335 g/mol. The van der Waals surface area contributed by atoms with E-state index in [9.17, 15) is 4.79 Å². The van der Waals surface area contributed by atoms with Crippen molar-refractivity contribution in [2.24, 2.45) is 0 Å². The number of hydrogen-bond donors (Lipinski definition) is 2. The maximum absolute atomic E-state index is 12.5. The van der Waals surface area contributed by atoms with Crippen LogP contribution in [-0.2, 0) is 4.74 Å². The Bertz CT molecular complexity index is 545. The Labute approximate surface area is 143 Å². The molecule has 2 fully saturated rings. The summed E-state index contributed by atoms with van der Waals surface area (Å²) in [5.41, 5.74) is 0.477. The van der Waals surface area contributed by atoms with Crippen LogP contribution in [0.25, 0.3) is 0 Å². The summed E-state index contributed by atoms with van der Waals surface area (Å²) in [6.07, 6.45) is 6.05. The summed E-state index contributed by atoms with van der Waals surface area (Å²) < 4.78 is 7.40. The number of aromatic nitrogens is 2. The molecule has 1 unspecified atom stereocenters. The van der Waals surface area contributed by atoms with Crippen LogP contribution in [0.3, 0.4) is 0 Å². The Morgan fingerprint density at radius 1 is 1.50 bits per heavy atom. The van der Waals surface area contributed by atoms with Crippen LogP contribution in [-0.4, -0.2) is 73.1 Å². The number of carbonyl (C=O) groups excluding carboxylic acids is 1. The predicted molar refractivity (Wildman–Crippen MR) is 92.2 cm³/mol. The first-order valence-corrected chi connectivity index (χ1v) is 8.90. The van der Waals surface area contributed by atoms with Gasteiger partial charge in [-0.05, 0) is 52.4 Å². The molecule has 2 saturated heterocycles. The number of nitrogens with zero attached hydrogens (tertiary/aromatic N) is 3. The second-order valence-electron chi connectivity index (χ2n) is 7.09. The molecule has 134 valence electrons. The summed E-state index contributed by atoms with van der Waals surface area (Å²) in [7, 11) is 4.14. The van der Waals surface area contributed by atoms with E-state index in [2.05, 4.69) is 34.7 Å². The highest BCUT2D eigenvalue weighted by molar-refractivity contribution is 5.92.